The maximum Gasteiger partial charge on any atom is 0.255 e. The van der Waals surface area contributed by atoms with Crippen LogP contribution in [0.15, 0.2) is 53.9 Å². The number of aryl methyl sites for hydroxylation is 1. The fourth-order valence-electron chi connectivity index (χ4n) is 3.19. The van der Waals surface area contributed by atoms with Gasteiger partial charge in [0.2, 0.25) is 10.0 Å². The summed E-state index contributed by atoms with van der Waals surface area (Å²) in [6.45, 7) is 3.56. The number of rotatable bonds is 6. The first-order valence-corrected chi connectivity index (χ1v) is 10.6. The Bertz CT molecular complexity index is 987. The Hall–Kier alpha value is -2.15. The van der Waals surface area contributed by atoms with Crippen LogP contribution in [0.1, 0.15) is 34.3 Å². The number of nitrogens with one attached hydrogen (secondary N) is 2. The topological polar surface area (TPSA) is 75.3 Å². The van der Waals surface area contributed by atoms with Crippen molar-refractivity contribution in [2.75, 3.05) is 11.9 Å². The van der Waals surface area contributed by atoms with Gasteiger partial charge in [-0.25, -0.2) is 13.1 Å². The number of amides is 1. The highest BCUT2D eigenvalue weighted by atomic mass is 35.5. The van der Waals surface area contributed by atoms with Crippen LogP contribution < -0.4 is 10.0 Å². The molecule has 3 rings (SSSR count). The van der Waals surface area contributed by atoms with E-state index < -0.39 is 10.0 Å². The molecule has 7 heteroatoms. The van der Waals surface area contributed by atoms with E-state index in [1.807, 2.05) is 12.1 Å². The van der Waals surface area contributed by atoms with Crippen molar-refractivity contribution in [3.63, 3.8) is 0 Å². The second kappa shape index (κ2) is 8.25. The van der Waals surface area contributed by atoms with Crippen LogP contribution in [0.4, 0.5) is 5.69 Å². The van der Waals surface area contributed by atoms with Crippen molar-refractivity contribution in [1.82, 2.24) is 4.72 Å². The molecule has 0 unspecified atom stereocenters. The van der Waals surface area contributed by atoms with Gasteiger partial charge in [0.25, 0.3) is 5.91 Å². The zero-order chi connectivity index (χ0) is 19.4. The summed E-state index contributed by atoms with van der Waals surface area (Å²) < 4.78 is 27.1. The number of fused-ring (bicyclic) bond motifs is 1. The van der Waals surface area contributed by atoms with E-state index >= 15 is 0 Å². The maximum absolute atomic E-state index is 12.7. The first-order chi connectivity index (χ1) is 12.9. The van der Waals surface area contributed by atoms with E-state index in [1.54, 1.807) is 0 Å². The molecule has 5 nitrogen and oxygen atoms in total. The third kappa shape index (κ3) is 4.40. The molecule has 142 valence electrons. The predicted octanol–water partition coefficient (Wildman–Crippen LogP) is 3.94. The lowest BCUT2D eigenvalue weighted by molar-refractivity contribution is 0.102. The molecule has 2 N–H and O–H groups in total. The number of halogens is 1. The third-order valence-corrected chi connectivity index (χ3v) is 6.45. The van der Waals surface area contributed by atoms with Gasteiger partial charge in [-0.05, 0) is 61.1 Å². The van der Waals surface area contributed by atoms with E-state index in [1.165, 1.54) is 29.8 Å². The van der Waals surface area contributed by atoms with E-state index in [2.05, 4.69) is 22.7 Å². The first kappa shape index (κ1) is 19.6. The van der Waals surface area contributed by atoms with Crippen molar-refractivity contribution in [2.45, 2.75) is 30.6 Å². The molecule has 27 heavy (non-hydrogen) atoms. The van der Waals surface area contributed by atoms with Gasteiger partial charge < -0.3 is 5.32 Å². The Labute approximate surface area is 164 Å². The van der Waals surface area contributed by atoms with Crippen molar-refractivity contribution in [1.29, 1.82) is 0 Å². The van der Waals surface area contributed by atoms with Crippen LogP contribution in [0, 0.1) is 0 Å². The molecule has 0 bridgehead atoms. The van der Waals surface area contributed by atoms with E-state index in [0.29, 0.717) is 0 Å². The molecule has 1 aliphatic rings. The number of anilines is 1. The number of carbonyl (C=O) groups excluding carboxylic acids is 1. The summed E-state index contributed by atoms with van der Waals surface area (Å²) in [6, 6.07) is 10.1. The summed E-state index contributed by atoms with van der Waals surface area (Å²) in [6.07, 6.45) is 5.62. The summed E-state index contributed by atoms with van der Waals surface area (Å²) in [4.78, 5) is 12.6. The molecule has 0 radical (unpaired) electrons. The largest absolute Gasteiger partial charge is 0.322 e. The lowest BCUT2D eigenvalue weighted by Crippen LogP contribution is -2.24. The number of hydrogen-bond acceptors (Lipinski definition) is 3. The summed E-state index contributed by atoms with van der Waals surface area (Å²) in [5.41, 5.74) is 3.42. The number of benzene rings is 2. The Morgan fingerprint density at radius 1 is 1.19 bits per heavy atom. The minimum Gasteiger partial charge on any atom is -0.322 e. The van der Waals surface area contributed by atoms with Crippen LogP contribution in [0.5, 0.6) is 0 Å². The van der Waals surface area contributed by atoms with Gasteiger partial charge in [-0.1, -0.05) is 29.8 Å². The quantitative estimate of drug-likeness (QED) is 0.716. The van der Waals surface area contributed by atoms with Gasteiger partial charge in [-0.3, -0.25) is 4.79 Å². The summed E-state index contributed by atoms with van der Waals surface area (Å²) in [5, 5.41) is 2.97. The van der Waals surface area contributed by atoms with Crippen molar-refractivity contribution in [3.8, 4) is 0 Å². The molecule has 0 aliphatic heterocycles. The number of sulfonamides is 1. The minimum atomic E-state index is -3.83. The van der Waals surface area contributed by atoms with Crippen molar-refractivity contribution >= 4 is 33.2 Å². The number of hydrogen-bond donors (Lipinski definition) is 2. The Morgan fingerprint density at radius 3 is 2.74 bits per heavy atom. The van der Waals surface area contributed by atoms with Crippen LogP contribution in [0.3, 0.4) is 0 Å². The fraction of sp³-hybridized carbons (Fsp3) is 0.250. The van der Waals surface area contributed by atoms with Crippen LogP contribution in [0.2, 0.25) is 5.02 Å². The van der Waals surface area contributed by atoms with Gasteiger partial charge in [-0.2, -0.15) is 0 Å². The molecule has 0 atom stereocenters. The summed E-state index contributed by atoms with van der Waals surface area (Å²) >= 11 is 6.04. The van der Waals surface area contributed by atoms with Crippen molar-refractivity contribution < 1.29 is 13.2 Å². The van der Waals surface area contributed by atoms with Gasteiger partial charge in [0.05, 0.1) is 5.02 Å². The molecular weight excluding hydrogens is 384 g/mol. The fourth-order valence-corrected chi connectivity index (χ4v) is 4.71. The molecule has 1 amide bonds. The summed E-state index contributed by atoms with van der Waals surface area (Å²) in [5.74, 6) is -0.370. The highest BCUT2D eigenvalue weighted by Crippen LogP contribution is 2.29. The second-order valence-corrected chi connectivity index (χ2v) is 8.53. The minimum absolute atomic E-state index is 0.0557. The molecule has 0 spiro atoms. The Morgan fingerprint density at radius 2 is 1.96 bits per heavy atom. The van der Waals surface area contributed by atoms with E-state index in [-0.39, 0.29) is 27.9 Å². The van der Waals surface area contributed by atoms with Crippen LogP contribution in [-0.2, 0) is 22.9 Å². The van der Waals surface area contributed by atoms with Gasteiger partial charge >= 0.3 is 0 Å². The Kier molecular flexibility index (Phi) is 5.99. The van der Waals surface area contributed by atoms with Crippen LogP contribution >= 0.6 is 11.6 Å². The molecule has 0 saturated carbocycles. The zero-order valence-corrected chi connectivity index (χ0v) is 16.4. The standard InChI is InChI=1S/C20H21ClN2O3S/c1-2-12-22-27(25,26)19-13-15(10-11-17(19)21)20(24)23-18-9-5-7-14-6-3-4-8-16(14)18/h2,5,7,9-11,13,22H,1,3-4,6,8,12H2,(H,23,24). The maximum atomic E-state index is 12.7. The first-order valence-electron chi connectivity index (χ1n) is 8.74. The Balaban J connectivity index is 1.88. The van der Waals surface area contributed by atoms with E-state index in [4.69, 9.17) is 11.6 Å². The average molecular weight is 405 g/mol. The smallest absolute Gasteiger partial charge is 0.255 e. The molecule has 1 aliphatic carbocycles. The lowest BCUT2D eigenvalue weighted by Gasteiger charge is -2.19. The summed E-state index contributed by atoms with van der Waals surface area (Å²) in [7, 11) is -3.83. The van der Waals surface area contributed by atoms with Gasteiger partial charge in [-0.15, -0.1) is 6.58 Å². The van der Waals surface area contributed by atoms with Gasteiger partial charge in [0.15, 0.2) is 0 Å². The van der Waals surface area contributed by atoms with Gasteiger partial charge in [0.1, 0.15) is 4.90 Å². The van der Waals surface area contributed by atoms with Gasteiger partial charge in [0, 0.05) is 17.8 Å². The van der Waals surface area contributed by atoms with Crippen molar-refractivity contribution in [3.05, 3.63) is 70.8 Å². The van der Waals surface area contributed by atoms with E-state index in [0.717, 1.165) is 36.9 Å². The lowest BCUT2D eigenvalue weighted by atomic mass is 9.90. The molecule has 0 aromatic heterocycles. The molecule has 0 saturated heterocycles. The highest BCUT2D eigenvalue weighted by molar-refractivity contribution is 7.89. The predicted molar refractivity (Wildman–Crippen MR) is 108 cm³/mol. The molecule has 0 heterocycles. The zero-order valence-electron chi connectivity index (χ0n) is 14.8. The van der Waals surface area contributed by atoms with E-state index in [9.17, 15) is 13.2 Å². The molecule has 0 fully saturated rings. The SMILES string of the molecule is C=CCNS(=O)(=O)c1cc(C(=O)Nc2cccc3c2CCCC3)ccc1Cl. The molecular formula is C20H21ClN2O3S. The second-order valence-electron chi connectivity index (χ2n) is 6.39. The third-order valence-electron chi connectivity index (χ3n) is 4.54. The van der Waals surface area contributed by atoms with Crippen LogP contribution in [-0.4, -0.2) is 20.9 Å². The molecule has 2 aromatic rings. The average Bonchev–Trinajstić information content (AvgIpc) is 2.67. The van der Waals surface area contributed by atoms with Crippen LogP contribution in [0.25, 0.3) is 0 Å². The monoisotopic (exact) mass is 404 g/mol. The van der Waals surface area contributed by atoms with Crippen molar-refractivity contribution in [2.24, 2.45) is 0 Å². The normalized spacial score (nSPS) is 13.7. The highest BCUT2D eigenvalue weighted by Gasteiger charge is 2.20. The molecule has 2 aromatic carbocycles. The number of carbonyl (C=O) groups is 1.